The molecule has 0 saturated carbocycles. The molecule has 0 radical (unpaired) electrons. The van der Waals surface area contributed by atoms with E-state index in [-0.39, 0.29) is 6.04 Å². The van der Waals surface area contributed by atoms with Gasteiger partial charge in [-0.3, -0.25) is 0 Å². The van der Waals surface area contributed by atoms with Crippen molar-refractivity contribution in [2.75, 3.05) is 0 Å². The fraction of sp³-hybridized carbons (Fsp3) is 0.364. The van der Waals surface area contributed by atoms with Gasteiger partial charge in [0.1, 0.15) is 0 Å². The Morgan fingerprint density at radius 1 is 1.38 bits per heavy atom. The van der Waals surface area contributed by atoms with Gasteiger partial charge >= 0.3 is 0 Å². The molecule has 82 valence electrons. The first kappa shape index (κ1) is 9.72. The first-order valence-electron chi connectivity index (χ1n) is 5.43. The highest BCUT2D eigenvalue weighted by atomic mass is 32.1. The largest absolute Gasteiger partial charge is 0.238 e. The minimum Gasteiger partial charge on any atom is -0.235 e. The average Bonchev–Trinajstić information content (AvgIpc) is 2.75. The number of rotatable bonds is 1. The molecule has 1 aliphatic rings. The second kappa shape index (κ2) is 3.83. The van der Waals surface area contributed by atoms with Crippen LogP contribution in [-0.4, -0.2) is 20.2 Å². The zero-order chi connectivity index (χ0) is 11.0. The molecule has 1 aromatic heterocycles. The van der Waals surface area contributed by atoms with E-state index in [1.165, 1.54) is 17.5 Å². The number of hydrogen-bond acceptors (Lipinski definition) is 3. The minimum absolute atomic E-state index is 0.271. The summed E-state index contributed by atoms with van der Waals surface area (Å²) in [7, 11) is 0. The quantitative estimate of drug-likeness (QED) is 0.767. The van der Waals surface area contributed by atoms with Crippen LogP contribution in [-0.2, 0) is 6.42 Å². The Balaban J connectivity index is 2.12. The fourth-order valence-corrected chi connectivity index (χ4v) is 2.61. The molecule has 1 unspecified atom stereocenters. The number of H-pyrrole nitrogens is 1. The number of nitrogens with one attached hydrogen (secondary N) is 1. The van der Waals surface area contributed by atoms with E-state index in [9.17, 15) is 0 Å². The number of aromatic nitrogens is 4. The molecular weight excluding hydrogens is 220 g/mol. The molecule has 1 atom stereocenters. The number of aromatic amines is 1. The molecule has 0 spiro atoms. The molecule has 0 bridgehead atoms. The molecule has 0 saturated heterocycles. The lowest BCUT2D eigenvalue weighted by Gasteiger charge is -2.25. The van der Waals surface area contributed by atoms with E-state index >= 15 is 0 Å². The molecule has 1 heterocycles. The van der Waals surface area contributed by atoms with Gasteiger partial charge in [0.05, 0.1) is 6.04 Å². The van der Waals surface area contributed by atoms with Crippen molar-refractivity contribution in [2.24, 2.45) is 0 Å². The van der Waals surface area contributed by atoms with Gasteiger partial charge in [0.25, 0.3) is 0 Å². The second-order valence-corrected chi connectivity index (χ2v) is 4.42. The van der Waals surface area contributed by atoms with E-state index in [2.05, 4.69) is 39.8 Å². The van der Waals surface area contributed by atoms with Crippen molar-refractivity contribution in [2.45, 2.75) is 25.3 Å². The van der Waals surface area contributed by atoms with Crippen molar-refractivity contribution in [1.29, 1.82) is 0 Å². The zero-order valence-electron chi connectivity index (χ0n) is 8.76. The smallest absolute Gasteiger partial charge is 0.235 e. The second-order valence-electron chi connectivity index (χ2n) is 4.06. The number of tetrazole rings is 1. The summed E-state index contributed by atoms with van der Waals surface area (Å²) in [4.78, 5) is 0. The molecule has 0 amide bonds. The summed E-state index contributed by atoms with van der Waals surface area (Å²) >= 11 is 5.15. The van der Waals surface area contributed by atoms with Crippen LogP contribution < -0.4 is 0 Å². The molecule has 0 fully saturated rings. The number of aryl methyl sites for hydroxylation is 1. The zero-order valence-corrected chi connectivity index (χ0v) is 9.57. The highest BCUT2D eigenvalue weighted by Crippen LogP contribution is 2.31. The van der Waals surface area contributed by atoms with Crippen LogP contribution in [0.25, 0.3) is 0 Å². The number of fused-ring (bicyclic) bond motifs is 1. The standard InChI is InChI=1S/C11H12N4S/c16-11-12-13-14-15(11)10-7-3-5-8-4-1-2-6-9(8)10/h1-2,4,6,10H,3,5,7H2,(H,12,14,16). The van der Waals surface area contributed by atoms with Crippen LogP contribution in [0.1, 0.15) is 30.0 Å². The van der Waals surface area contributed by atoms with Crippen molar-refractivity contribution in [3.05, 3.63) is 40.2 Å². The molecule has 16 heavy (non-hydrogen) atoms. The minimum atomic E-state index is 0.271. The van der Waals surface area contributed by atoms with E-state index in [0.29, 0.717) is 4.77 Å². The molecule has 3 rings (SSSR count). The first-order valence-corrected chi connectivity index (χ1v) is 5.84. The summed E-state index contributed by atoms with van der Waals surface area (Å²) in [6.07, 6.45) is 3.43. The lowest BCUT2D eigenvalue weighted by atomic mass is 9.88. The third kappa shape index (κ3) is 1.48. The topological polar surface area (TPSA) is 46.5 Å². The molecule has 1 N–H and O–H groups in total. The van der Waals surface area contributed by atoms with Crippen molar-refractivity contribution >= 4 is 12.2 Å². The van der Waals surface area contributed by atoms with Crippen molar-refractivity contribution in [3.8, 4) is 0 Å². The summed E-state index contributed by atoms with van der Waals surface area (Å²) in [6, 6.07) is 8.79. The van der Waals surface area contributed by atoms with Gasteiger partial charge in [0, 0.05) is 0 Å². The molecule has 5 heteroatoms. The summed E-state index contributed by atoms with van der Waals surface area (Å²) in [5.74, 6) is 0. The van der Waals surface area contributed by atoms with Gasteiger partial charge in [0.15, 0.2) is 0 Å². The van der Waals surface area contributed by atoms with Crippen LogP contribution in [0.5, 0.6) is 0 Å². The van der Waals surface area contributed by atoms with E-state index in [4.69, 9.17) is 12.2 Å². The summed E-state index contributed by atoms with van der Waals surface area (Å²) in [6.45, 7) is 0. The van der Waals surface area contributed by atoms with Crippen LogP contribution >= 0.6 is 12.2 Å². The lowest BCUT2D eigenvalue weighted by molar-refractivity contribution is 0.437. The monoisotopic (exact) mass is 232 g/mol. The third-order valence-corrected chi connectivity index (χ3v) is 3.42. The van der Waals surface area contributed by atoms with Crippen LogP contribution in [0.4, 0.5) is 0 Å². The Bertz CT molecular complexity index is 557. The van der Waals surface area contributed by atoms with Crippen molar-refractivity contribution < 1.29 is 0 Å². The van der Waals surface area contributed by atoms with E-state index in [0.717, 1.165) is 12.8 Å². The number of hydrogen-bond donors (Lipinski definition) is 1. The Kier molecular flexibility index (Phi) is 2.32. The Morgan fingerprint density at radius 3 is 3.06 bits per heavy atom. The molecule has 2 aromatic rings. The van der Waals surface area contributed by atoms with E-state index < -0.39 is 0 Å². The number of benzene rings is 1. The van der Waals surface area contributed by atoms with Crippen LogP contribution in [0.15, 0.2) is 24.3 Å². The van der Waals surface area contributed by atoms with Gasteiger partial charge in [-0.15, -0.1) is 0 Å². The summed E-state index contributed by atoms with van der Waals surface area (Å²) < 4.78 is 2.41. The van der Waals surface area contributed by atoms with Crippen LogP contribution in [0, 0.1) is 4.77 Å². The lowest BCUT2D eigenvalue weighted by Crippen LogP contribution is -2.18. The summed E-state index contributed by atoms with van der Waals surface area (Å²) in [5, 5.41) is 10.5. The van der Waals surface area contributed by atoms with Gasteiger partial charge in [0.2, 0.25) is 4.77 Å². The van der Waals surface area contributed by atoms with Gasteiger partial charge in [-0.05, 0) is 42.6 Å². The Hall–Kier alpha value is -1.49. The number of nitrogens with zero attached hydrogens (tertiary/aromatic N) is 3. The maximum atomic E-state index is 5.15. The maximum absolute atomic E-state index is 5.15. The van der Waals surface area contributed by atoms with Crippen LogP contribution in [0.2, 0.25) is 0 Å². The normalized spacial score (nSPS) is 19.4. The van der Waals surface area contributed by atoms with E-state index in [1.807, 2.05) is 4.68 Å². The third-order valence-electron chi connectivity index (χ3n) is 3.14. The van der Waals surface area contributed by atoms with Crippen LogP contribution in [0.3, 0.4) is 0 Å². The first-order chi connectivity index (χ1) is 7.86. The molecule has 1 aliphatic carbocycles. The fourth-order valence-electron chi connectivity index (χ4n) is 2.40. The van der Waals surface area contributed by atoms with Gasteiger partial charge in [-0.2, -0.15) is 5.21 Å². The van der Waals surface area contributed by atoms with Crippen molar-refractivity contribution in [1.82, 2.24) is 20.2 Å². The predicted octanol–water partition coefficient (Wildman–Crippen LogP) is 2.26. The van der Waals surface area contributed by atoms with Gasteiger partial charge < -0.3 is 0 Å². The molecule has 1 aromatic carbocycles. The highest BCUT2D eigenvalue weighted by molar-refractivity contribution is 7.71. The average molecular weight is 232 g/mol. The SMILES string of the molecule is S=c1nn[nH]n1C1CCCc2ccccc21. The molecule has 4 nitrogen and oxygen atoms in total. The van der Waals surface area contributed by atoms with Gasteiger partial charge in [-0.25, -0.2) is 4.68 Å². The predicted molar refractivity (Wildman–Crippen MR) is 62.7 cm³/mol. The molecular formula is C11H12N4S. The Labute approximate surface area is 98.3 Å². The molecule has 0 aliphatic heterocycles. The van der Waals surface area contributed by atoms with Crippen molar-refractivity contribution in [3.63, 3.8) is 0 Å². The Morgan fingerprint density at radius 2 is 2.25 bits per heavy atom. The summed E-state index contributed by atoms with van der Waals surface area (Å²) in [5.41, 5.74) is 2.76. The van der Waals surface area contributed by atoms with E-state index in [1.54, 1.807) is 0 Å². The highest BCUT2D eigenvalue weighted by Gasteiger charge is 2.22. The maximum Gasteiger partial charge on any atom is 0.238 e. The van der Waals surface area contributed by atoms with Gasteiger partial charge in [-0.1, -0.05) is 34.6 Å².